The first-order chi connectivity index (χ1) is 8.63. The molecule has 0 amide bonds. The van der Waals surface area contributed by atoms with E-state index in [0.29, 0.717) is 0 Å². The first-order valence-electron chi connectivity index (χ1n) is 5.64. The van der Waals surface area contributed by atoms with E-state index in [2.05, 4.69) is 40.1 Å². The van der Waals surface area contributed by atoms with Crippen LogP contribution in [0.3, 0.4) is 0 Å². The maximum Gasteiger partial charge on any atom is 0.151 e. The molecule has 18 heavy (non-hydrogen) atoms. The van der Waals surface area contributed by atoms with E-state index >= 15 is 0 Å². The van der Waals surface area contributed by atoms with Gasteiger partial charge in [-0.3, -0.25) is 0 Å². The topological polar surface area (TPSA) is 43.3 Å². The third-order valence-electron chi connectivity index (χ3n) is 2.83. The predicted octanol–water partition coefficient (Wildman–Crippen LogP) is 3.65. The van der Waals surface area contributed by atoms with Crippen molar-refractivity contribution in [2.75, 3.05) is 5.73 Å². The molecule has 0 unspecified atom stereocenters. The third-order valence-corrected chi connectivity index (χ3v) is 3.41. The van der Waals surface area contributed by atoms with Crippen LogP contribution in [-0.4, -0.2) is 9.38 Å². The van der Waals surface area contributed by atoms with Gasteiger partial charge in [-0.1, -0.05) is 12.1 Å². The number of anilines is 1. The number of imidazole rings is 1. The number of aryl methyl sites for hydroxylation is 1. The van der Waals surface area contributed by atoms with Gasteiger partial charge < -0.3 is 10.1 Å². The number of nitrogens with zero attached hydrogens (tertiary/aromatic N) is 2. The van der Waals surface area contributed by atoms with Crippen molar-refractivity contribution in [1.29, 1.82) is 0 Å². The molecule has 0 saturated heterocycles. The summed E-state index contributed by atoms with van der Waals surface area (Å²) in [5.74, 6) is 0. The van der Waals surface area contributed by atoms with Crippen LogP contribution in [0.15, 0.2) is 47.2 Å². The summed E-state index contributed by atoms with van der Waals surface area (Å²) in [6, 6.07) is 9.82. The summed E-state index contributed by atoms with van der Waals surface area (Å²) in [6.07, 6.45) is 4.07. The largest absolute Gasteiger partial charge is 0.399 e. The number of benzene rings is 1. The standard InChI is InChI=1S/C14H12BrN3/c1-9-5-12(15)14-17-13(8-18(14)7-9)10-3-2-4-11(16)6-10/h2-8H,16H2,1H3. The van der Waals surface area contributed by atoms with Gasteiger partial charge in [0.25, 0.3) is 0 Å². The zero-order chi connectivity index (χ0) is 12.7. The molecule has 2 N–H and O–H groups in total. The number of hydrogen-bond acceptors (Lipinski definition) is 2. The summed E-state index contributed by atoms with van der Waals surface area (Å²) in [6.45, 7) is 2.06. The average molecular weight is 302 g/mol. The number of pyridine rings is 1. The van der Waals surface area contributed by atoms with Crippen molar-refractivity contribution >= 4 is 27.3 Å². The third kappa shape index (κ3) is 1.88. The van der Waals surface area contributed by atoms with Crippen LogP contribution in [0.2, 0.25) is 0 Å². The smallest absolute Gasteiger partial charge is 0.151 e. The van der Waals surface area contributed by atoms with Gasteiger partial charge in [0.2, 0.25) is 0 Å². The Morgan fingerprint density at radius 1 is 1.22 bits per heavy atom. The lowest BCUT2D eigenvalue weighted by atomic mass is 10.1. The highest BCUT2D eigenvalue weighted by Gasteiger charge is 2.07. The Morgan fingerprint density at radius 3 is 2.83 bits per heavy atom. The van der Waals surface area contributed by atoms with Crippen molar-refractivity contribution in [2.24, 2.45) is 0 Å². The van der Waals surface area contributed by atoms with Gasteiger partial charge in [-0.05, 0) is 46.6 Å². The van der Waals surface area contributed by atoms with Crippen LogP contribution in [0.25, 0.3) is 16.9 Å². The molecular weight excluding hydrogens is 290 g/mol. The van der Waals surface area contributed by atoms with E-state index in [1.807, 2.05) is 34.9 Å². The molecule has 3 aromatic rings. The first-order valence-corrected chi connectivity index (χ1v) is 6.43. The highest BCUT2D eigenvalue weighted by atomic mass is 79.9. The van der Waals surface area contributed by atoms with Gasteiger partial charge in [0, 0.05) is 23.6 Å². The van der Waals surface area contributed by atoms with Crippen molar-refractivity contribution in [3.05, 3.63) is 52.8 Å². The monoisotopic (exact) mass is 301 g/mol. The number of halogens is 1. The fraction of sp³-hybridized carbons (Fsp3) is 0.0714. The summed E-state index contributed by atoms with van der Waals surface area (Å²) >= 11 is 3.54. The maximum atomic E-state index is 5.80. The van der Waals surface area contributed by atoms with E-state index in [1.165, 1.54) is 5.56 Å². The molecule has 3 rings (SSSR count). The molecule has 0 radical (unpaired) electrons. The van der Waals surface area contributed by atoms with E-state index in [9.17, 15) is 0 Å². The Morgan fingerprint density at radius 2 is 2.06 bits per heavy atom. The van der Waals surface area contributed by atoms with E-state index < -0.39 is 0 Å². The van der Waals surface area contributed by atoms with Crippen LogP contribution < -0.4 is 5.73 Å². The van der Waals surface area contributed by atoms with Gasteiger partial charge >= 0.3 is 0 Å². The number of aromatic nitrogens is 2. The normalized spacial score (nSPS) is 11.0. The summed E-state index contributed by atoms with van der Waals surface area (Å²) in [7, 11) is 0. The highest BCUT2D eigenvalue weighted by molar-refractivity contribution is 9.10. The summed E-state index contributed by atoms with van der Waals surface area (Å²) < 4.78 is 3.02. The molecule has 3 nitrogen and oxygen atoms in total. The van der Waals surface area contributed by atoms with E-state index in [1.54, 1.807) is 0 Å². The molecule has 0 aliphatic carbocycles. The molecule has 0 aliphatic heterocycles. The molecule has 2 aromatic heterocycles. The fourth-order valence-corrected chi connectivity index (χ4v) is 2.68. The minimum Gasteiger partial charge on any atom is -0.399 e. The molecule has 0 spiro atoms. The molecule has 0 aliphatic rings. The van der Waals surface area contributed by atoms with Gasteiger partial charge in [0.1, 0.15) is 0 Å². The Kier molecular flexibility index (Phi) is 2.59. The predicted molar refractivity (Wildman–Crippen MR) is 77.5 cm³/mol. The Bertz CT molecular complexity index is 731. The molecule has 0 bridgehead atoms. The summed E-state index contributed by atoms with van der Waals surface area (Å²) in [5.41, 5.74) is 10.6. The maximum absolute atomic E-state index is 5.80. The van der Waals surface area contributed by atoms with Crippen LogP contribution >= 0.6 is 15.9 Å². The zero-order valence-corrected chi connectivity index (χ0v) is 11.5. The SMILES string of the molecule is Cc1cc(Br)c2nc(-c3cccc(N)c3)cn2c1. The molecule has 1 aromatic carbocycles. The van der Waals surface area contributed by atoms with Gasteiger partial charge in [0.15, 0.2) is 5.65 Å². The second kappa shape index (κ2) is 4.14. The quantitative estimate of drug-likeness (QED) is 0.697. The number of nitrogens with two attached hydrogens (primary N) is 1. The number of hydrogen-bond donors (Lipinski definition) is 1. The fourth-order valence-electron chi connectivity index (χ4n) is 2.03. The van der Waals surface area contributed by atoms with Gasteiger partial charge in [-0.15, -0.1) is 0 Å². The van der Waals surface area contributed by atoms with E-state index in [4.69, 9.17) is 5.73 Å². The van der Waals surface area contributed by atoms with E-state index in [0.717, 1.165) is 27.1 Å². The average Bonchev–Trinajstić information content (AvgIpc) is 2.73. The van der Waals surface area contributed by atoms with Gasteiger partial charge in [-0.2, -0.15) is 0 Å². The molecule has 2 heterocycles. The lowest BCUT2D eigenvalue weighted by molar-refractivity contribution is 1.15. The lowest BCUT2D eigenvalue weighted by Crippen LogP contribution is -1.85. The van der Waals surface area contributed by atoms with Crippen molar-refractivity contribution in [3.8, 4) is 11.3 Å². The summed E-state index contributed by atoms with van der Waals surface area (Å²) in [5, 5.41) is 0. The van der Waals surface area contributed by atoms with Crippen LogP contribution in [-0.2, 0) is 0 Å². The summed E-state index contributed by atoms with van der Waals surface area (Å²) in [4.78, 5) is 4.63. The molecule has 0 saturated carbocycles. The van der Waals surface area contributed by atoms with Crippen LogP contribution in [0.4, 0.5) is 5.69 Å². The lowest BCUT2D eigenvalue weighted by Gasteiger charge is -1.97. The Hall–Kier alpha value is -1.81. The molecular formula is C14H12BrN3. The van der Waals surface area contributed by atoms with Crippen LogP contribution in [0.1, 0.15) is 5.56 Å². The first kappa shape index (κ1) is 11.3. The van der Waals surface area contributed by atoms with Crippen molar-refractivity contribution in [2.45, 2.75) is 6.92 Å². The number of nitrogen functional groups attached to an aromatic ring is 1. The Balaban J connectivity index is 2.22. The molecule has 4 heteroatoms. The highest BCUT2D eigenvalue weighted by Crippen LogP contribution is 2.25. The van der Waals surface area contributed by atoms with Gasteiger partial charge in [0.05, 0.1) is 10.2 Å². The van der Waals surface area contributed by atoms with Gasteiger partial charge in [-0.25, -0.2) is 4.98 Å². The second-order valence-electron chi connectivity index (χ2n) is 4.35. The van der Waals surface area contributed by atoms with Crippen molar-refractivity contribution in [1.82, 2.24) is 9.38 Å². The van der Waals surface area contributed by atoms with Crippen molar-refractivity contribution < 1.29 is 0 Å². The van der Waals surface area contributed by atoms with Crippen LogP contribution in [0, 0.1) is 6.92 Å². The molecule has 0 fully saturated rings. The zero-order valence-electron chi connectivity index (χ0n) is 9.89. The Labute approximate surface area is 113 Å². The van der Waals surface area contributed by atoms with E-state index in [-0.39, 0.29) is 0 Å². The minimum absolute atomic E-state index is 0.750. The minimum atomic E-state index is 0.750. The second-order valence-corrected chi connectivity index (χ2v) is 5.20. The number of rotatable bonds is 1. The molecule has 0 atom stereocenters. The van der Waals surface area contributed by atoms with Crippen molar-refractivity contribution in [3.63, 3.8) is 0 Å². The molecule has 90 valence electrons. The number of fused-ring (bicyclic) bond motifs is 1. The van der Waals surface area contributed by atoms with Crippen LogP contribution in [0.5, 0.6) is 0 Å².